The molecular formula is C18H14Cl2FN3O3. The minimum absolute atomic E-state index is 0.0199. The van der Waals surface area contributed by atoms with Crippen LogP contribution in [0.2, 0.25) is 10.0 Å². The third-order valence-corrected chi connectivity index (χ3v) is 4.15. The second-order valence-corrected chi connectivity index (χ2v) is 6.18. The van der Waals surface area contributed by atoms with E-state index < -0.39 is 5.82 Å². The molecule has 140 valence electrons. The van der Waals surface area contributed by atoms with Crippen molar-refractivity contribution in [2.75, 3.05) is 12.8 Å². The van der Waals surface area contributed by atoms with Crippen LogP contribution in [0.15, 0.2) is 34.7 Å². The van der Waals surface area contributed by atoms with E-state index in [0.29, 0.717) is 22.1 Å². The Balaban J connectivity index is 1.80. The van der Waals surface area contributed by atoms with Gasteiger partial charge in [0.1, 0.15) is 12.4 Å². The van der Waals surface area contributed by atoms with Gasteiger partial charge in [0.25, 0.3) is 0 Å². The Labute approximate surface area is 164 Å². The number of nitrogens with two attached hydrogens (primary N) is 1. The number of aromatic nitrogens is 2. The Morgan fingerprint density at radius 2 is 1.96 bits per heavy atom. The zero-order valence-corrected chi connectivity index (χ0v) is 15.6. The van der Waals surface area contributed by atoms with Gasteiger partial charge < -0.3 is 19.6 Å². The van der Waals surface area contributed by atoms with E-state index >= 15 is 0 Å². The van der Waals surface area contributed by atoms with E-state index in [0.717, 1.165) is 5.56 Å². The lowest BCUT2D eigenvalue weighted by Gasteiger charge is -2.14. The summed E-state index contributed by atoms with van der Waals surface area (Å²) in [5.41, 5.74) is 6.72. The molecule has 0 spiro atoms. The lowest BCUT2D eigenvalue weighted by atomic mass is 10.2. The number of rotatable bonds is 6. The van der Waals surface area contributed by atoms with E-state index in [2.05, 4.69) is 10.2 Å². The van der Waals surface area contributed by atoms with Gasteiger partial charge in [-0.3, -0.25) is 0 Å². The monoisotopic (exact) mass is 409 g/mol. The van der Waals surface area contributed by atoms with E-state index in [1.165, 1.54) is 19.2 Å². The summed E-state index contributed by atoms with van der Waals surface area (Å²) in [6.45, 7) is 0.103. The molecule has 3 aromatic rings. The largest absolute Gasteiger partial charge is 0.493 e. The Morgan fingerprint density at radius 1 is 1.15 bits per heavy atom. The molecule has 0 aliphatic heterocycles. The second kappa shape index (κ2) is 8.28. The first-order valence-corrected chi connectivity index (χ1v) is 8.43. The van der Waals surface area contributed by atoms with Crippen LogP contribution in [-0.4, -0.2) is 17.3 Å². The van der Waals surface area contributed by atoms with Crippen LogP contribution in [0.4, 0.5) is 10.4 Å². The molecule has 0 saturated heterocycles. The van der Waals surface area contributed by atoms with Crippen LogP contribution in [0.5, 0.6) is 11.5 Å². The van der Waals surface area contributed by atoms with E-state index in [9.17, 15) is 4.39 Å². The van der Waals surface area contributed by atoms with Crippen molar-refractivity contribution in [2.24, 2.45) is 0 Å². The fraction of sp³-hybridized carbons (Fsp3) is 0.111. The van der Waals surface area contributed by atoms with E-state index in [1.54, 1.807) is 30.4 Å². The molecule has 3 rings (SSSR count). The molecule has 0 aliphatic rings. The van der Waals surface area contributed by atoms with Crippen LogP contribution < -0.4 is 15.2 Å². The van der Waals surface area contributed by atoms with Crippen LogP contribution in [0.25, 0.3) is 12.2 Å². The van der Waals surface area contributed by atoms with Crippen molar-refractivity contribution in [2.45, 2.75) is 6.61 Å². The average Bonchev–Trinajstić information content (AvgIpc) is 3.05. The van der Waals surface area contributed by atoms with Gasteiger partial charge in [-0.25, -0.2) is 4.39 Å². The third-order valence-electron chi connectivity index (χ3n) is 3.51. The molecule has 2 aromatic carbocycles. The fourth-order valence-electron chi connectivity index (χ4n) is 2.25. The highest BCUT2D eigenvalue weighted by Crippen LogP contribution is 2.37. The number of anilines is 1. The standard InChI is InChI=1S/C18H14Cl2FN3O3/c1-25-15-7-10(2-5-16-23-24-18(22)27-16)6-14(20)17(15)26-9-11-3-4-12(21)8-13(11)19/h2-8H,9H2,1H3,(H2,22,24)/b5-2+. The predicted octanol–water partition coefficient (Wildman–Crippen LogP) is 4.86. The molecule has 0 bridgehead atoms. The molecule has 0 unspecified atom stereocenters. The summed E-state index contributed by atoms with van der Waals surface area (Å²) < 4.78 is 29.3. The summed E-state index contributed by atoms with van der Waals surface area (Å²) in [4.78, 5) is 0. The lowest BCUT2D eigenvalue weighted by Crippen LogP contribution is -2.00. The topological polar surface area (TPSA) is 83.4 Å². The SMILES string of the molecule is COc1cc(/C=C/c2nnc(N)o2)cc(Cl)c1OCc1ccc(F)cc1Cl. The van der Waals surface area contributed by atoms with Gasteiger partial charge in [0.2, 0.25) is 5.89 Å². The molecule has 6 nitrogen and oxygen atoms in total. The van der Waals surface area contributed by atoms with Crippen molar-refractivity contribution < 1.29 is 18.3 Å². The van der Waals surface area contributed by atoms with Crippen LogP contribution in [0.1, 0.15) is 17.0 Å². The van der Waals surface area contributed by atoms with Crippen molar-refractivity contribution in [3.8, 4) is 11.5 Å². The molecule has 1 heterocycles. The Kier molecular flexibility index (Phi) is 5.83. The first-order chi connectivity index (χ1) is 13.0. The zero-order chi connectivity index (χ0) is 19.4. The van der Waals surface area contributed by atoms with Crippen LogP contribution in [-0.2, 0) is 6.61 Å². The number of hydrogen-bond donors (Lipinski definition) is 1. The maximum Gasteiger partial charge on any atom is 0.313 e. The Hall–Kier alpha value is -2.77. The number of hydrogen-bond acceptors (Lipinski definition) is 6. The van der Waals surface area contributed by atoms with Crippen LogP contribution in [0, 0.1) is 5.82 Å². The van der Waals surface area contributed by atoms with Crippen molar-refractivity contribution >= 4 is 41.4 Å². The summed E-state index contributed by atoms with van der Waals surface area (Å²) in [6, 6.07) is 7.46. The zero-order valence-electron chi connectivity index (χ0n) is 14.1. The highest BCUT2D eigenvalue weighted by molar-refractivity contribution is 6.32. The van der Waals surface area contributed by atoms with Gasteiger partial charge in [0.05, 0.1) is 17.2 Å². The number of benzene rings is 2. The van der Waals surface area contributed by atoms with Crippen molar-refractivity contribution in [3.63, 3.8) is 0 Å². The maximum absolute atomic E-state index is 13.1. The van der Waals surface area contributed by atoms with Crippen molar-refractivity contribution in [3.05, 3.63) is 63.2 Å². The average molecular weight is 410 g/mol. The number of nitrogen functional groups attached to an aromatic ring is 1. The number of halogens is 3. The molecule has 0 amide bonds. The predicted molar refractivity (Wildman–Crippen MR) is 101 cm³/mol. The minimum Gasteiger partial charge on any atom is -0.493 e. The van der Waals surface area contributed by atoms with Crippen molar-refractivity contribution in [1.82, 2.24) is 10.2 Å². The van der Waals surface area contributed by atoms with E-state index in [-0.39, 0.29) is 23.5 Å². The second-order valence-electron chi connectivity index (χ2n) is 5.37. The summed E-state index contributed by atoms with van der Waals surface area (Å²) in [5.74, 6) is 0.608. The van der Waals surface area contributed by atoms with E-state index in [4.69, 9.17) is 42.8 Å². The molecule has 2 N–H and O–H groups in total. The van der Waals surface area contributed by atoms with Crippen LogP contribution in [0.3, 0.4) is 0 Å². The van der Waals surface area contributed by atoms with Gasteiger partial charge in [-0.05, 0) is 35.9 Å². The van der Waals surface area contributed by atoms with Gasteiger partial charge in [-0.2, -0.15) is 0 Å². The first kappa shape index (κ1) is 19.0. The van der Waals surface area contributed by atoms with Gasteiger partial charge in [0.15, 0.2) is 11.5 Å². The summed E-state index contributed by atoms with van der Waals surface area (Å²) in [6.07, 6.45) is 3.30. The molecule has 0 radical (unpaired) electrons. The quantitative estimate of drug-likeness (QED) is 0.625. The Bertz CT molecular complexity index is 992. The van der Waals surface area contributed by atoms with E-state index in [1.807, 2.05) is 0 Å². The molecule has 0 aliphatic carbocycles. The third kappa shape index (κ3) is 4.69. The Morgan fingerprint density at radius 3 is 2.63 bits per heavy atom. The molecule has 0 atom stereocenters. The number of nitrogens with zero attached hydrogens (tertiary/aromatic N) is 2. The lowest BCUT2D eigenvalue weighted by molar-refractivity contribution is 0.284. The van der Waals surface area contributed by atoms with Gasteiger partial charge in [-0.15, -0.1) is 5.10 Å². The van der Waals surface area contributed by atoms with Crippen molar-refractivity contribution in [1.29, 1.82) is 0 Å². The fourth-order valence-corrected chi connectivity index (χ4v) is 2.74. The smallest absolute Gasteiger partial charge is 0.313 e. The summed E-state index contributed by atoms with van der Waals surface area (Å²) >= 11 is 12.3. The molecule has 0 fully saturated rings. The highest BCUT2D eigenvalue weighted by Gasteiger charge is 2.13. The maximum atomic E-state index is 13.1. The first-order valence-electron chi connectivity index (χ1n) is 7.67. The number of methoxy groups -OCH3 is 1. The molecule has 1 aromatic heterocycles. The molecule has 27 heavy (non-hydrogen) atoms. The normalized spacial score (nSPS) is 11.1. The highest BCUT2D eigenvalue weighted by atomic mass is 35.5. The number of ether oxygens (including phenoxy) is 2. The molecule has 9 heteroatoms. The van der Waals surface area contributed by atoms with Gasteiger partial charge in [-0.1, -0.05) is 34.4 Å². The van der Waals surface area contributed by atoms with Gasteiger partial charge in [0, 0.05) is 11.6 Å². The summed E-state index contributed by atoms with van der Waals surface area (Å²) in [5, 5.41) is 7.90. The minimum atomic E-state index is -0.418. The molecular weight excluding hydrogens is 396 g/mol. The summed E-state index contributed by atoms with van der Waals surface area (Å²) in [7, 11) is 1.50. The van der Waals surface area contributed by atoms with Gasteiger partial charge >= 0.3 is 6.01 Å². The molecule has 0 saturated carbocycles. The van der Waals surface area contributed by atoms with Crippen LogP contribution >= 0.6 is 23.2 Å².